The number of hydrogen-bond acceptors (Lipinski definition) is 4. The summed E-state index contributed by atoms with van der Waals surface area (Å²) < 4.78 is 0. The Morgan fingerprint density at radius 1 is 1.20 bits per heavy atom. The molecule has 4 rings (SSSR count). The van der Waals surface area contributed by atoms with E-state index in [0.717, 1.165) is 41.9 Å². The number of aryl methyl sites for hydroxylation is 1. The average molecular weight is 333 g/mol. The third-order valence-electron chi connectivity index (χ3n) is 4.57. The van der Waals surface area contributed by atoms with Crippen molar-refractivity contribution in [1.82, 2.24) is 10.2 Å². The van der Waals surface area contributed by atoms with Gasteiger partial charge in [0, 0.05) is 24.6 Å². The number of aromatic amines is 1. The maximum absolute atomic E-state index is 11.1. The molecule has 0 aliphatic heterocycles. The van der Waals surface area contributed by atoms with Crippen molar-refractivity contribution in [3.8, 4) is 0 Å². The van der Waals surface area contributed by atoms with Gasteiger partial charge in [0.2, 0.25) is 0 Å². The van der Waals surface area contributed by atoms with E-state index in [9.17, 15) is 4.79 Å². The van der Waals surface area contributed by atoms with Crippen LogP contribution in [0.3, 0.4) is 0 Å². The van der Waals surface area contributed by atoms with Gasteiger partial charge in [-0.25, -0.2) is 4.79 Å². The van der Waals surface area contributed by atoms with Crippen molar-refractivity contribution in [3.63, 3.8) is 0 Å². The third kappa shape index (κ3) is 3.05. The second-order valence-electron chi connectivity index (χ2n) is 6.31. The first kappa shape index (κ1) is 15.6. The fourth-order valence-electron chi connectivity index (χ4n) is 3.47. The topological polar surface area (TPSA) is 67.3 Å². The molecule has 1 aliphatic rings. The van der Waals surface area contributed by atoms with Crippen LogP contribution in [0.1, 0.15) is 42.3 Å². The molecule has 0 fully saturated rings. The van der Waals surface area contributed by atoms with Crippen molar-refractivity contribution in [3.05, 3.63) is 65.0 Å². The Morgan fingerprint density at radius 3 is 2.92 bits per heavy atom. The minimum absolute atomic E-state index is 0.404. The molecule has 5 heteroatoms. The van der Waals surface area contributed by atoms with Gasteiger partial charge in [0.15, 0.2) is 0 Å². The number of nitrogens with zero attached hydrogens (tertiary/aromatic N) is 2. The molecule has 126 valence electrons. The molecular formula is C20H19N3O2. The van der Waals surface area contributed by atoms with Crippen LogP contribution >= 0.6 is 0 Å². The summed E-state index contributed by atoms with van der Waals surface area (Å²) in [6.07, 6.45) is 3.43. The second kappa shape index (κ2) is 6.51. The van der Waals surface area contributed by atoms with E-state index in [1.54, 1.807) is 0 Å². The highest BCUT2D eigenvalue weighted by Gasteiger charge is 2.23. The van der Waals surface area contributed by atoms with Gasteiger partial charge in [0.25, 0.3) is 0 Å². The van der Waals surface area contributed by atoms with E-state index in [-0.39, 0.29) is 0 Å². The molecule has 3 aromatic rings. The number of nitrogens with one attached hydrogen (secondary N) is 1. The molecule has 0 radical (unpaired) electrons. The van der Waals surface area contributed by atoms with Crippen LogP contribution in [0.15, 0.2) is 47.6 Å². The molecular weight excluding hydrogens is 314 g/mol. The molecule has 0 bridgehead atoms. The largest absolute Gasteiger partial charge is 0.331 e. The van der Waals surface area contributed by atoms with Gasteiger partial charge in [-0.05, 0) is 35.6 Å². The molecule has 0 saturated carbocycles. The van der Waals surface area contributed by atoms with E-state index in [4.69, 9.17) is 4.84 Å². The standard InChI is InChI=1S/C20H19N3O2/c1-13(24)25-23-18-11-5-10-17-20(18)19(22-21-17)12-15-8-4-7-14-6-2-3-9-16(14)15/h2-4,6-9H,5,10-12H2,1H3,(H,21,22). The van der Waals surface area contributed by atoms with E-state index >= 15 is 0 Å². The number of aromatic nitrogens is 2. The summed E-state index contributed by atoms with van der Waals surface area (Å²) in [6, 6.07) is 14.7. The van der Waals surface area contributed by atoms with Crippen LogP contribution < -0.4 is 0 Å². The minimum Gasteiger partial charge on any atom is -0.318 e. The highest BCUT2D eigenvalue weighted by Crippen LogP contribution is 2.27. The van der Waals surface area contributed by atoms with Crippen LogP contribution in [0.2, 0.25) is 0 Å². The molecule has 1 N–H and O–H groups in total. The molecule has 0 unspecified atom stereocenters. The van der Waals surface area contributed by atoms with Crippen molar-refractivity contribution >= 4 is 22.5 Å². The lowest BCUT2D eigenvalue weighted by Gasteiger charge is -2.14. The van der Waals surface area contributed by atoms with E-state index in [0.29, 0.717) is 6.42 Å². The van der Waals surface area contributed by atoms with Crippen LogP contribution in [0.25, 0.3) is 10.8 Å². The Hall–Kier alpha value is -2.95. The van der Waals surface area contributed by atoms with Gasteiger partial charge in [-0.3, -0.25) is 5.10 Å². The van der Waals surface area contributed by atoms with Crippen LogP contribution in [0.4, 0.5) is 0 Å². The second-order valence-corrected chi connectivity index (χ2v) is 6.31. The molecule has 0 amide bonds. The lowest BCUT2D eigenvalue weighted by molar-refractivity contribution is -0.140. The van der Waals surface area contributed by atoms with Crippen molar-refractivity contribution in [1.29, 1.82) is 0 Å². The first-order chi connectivity index (χ1) is 12.2. The van der Waals surface area contributed by atoms with Gasteiger partial charge < -0.3 is 4.84 Å². The lowest BCUT2D eigenvalue weighted by atomic mass is 9.91. The van der Waals surface area contributed by atoms with Gasteiger partial charge in [-0.1, -0.05) is 47.6 Å². The number of oxime groups is 1. The predicted octanol–water partition coefficient (Wildman–Crippen LogP) is 3.76. The fourth-order valence-corrected chi connectivity index (χ4v) is 3.47. The first-order valence-electron chi connectivity index (χ1n) is 8.50. The van der Waals surface area contributed by atoms with Crippen molar-refractivity contribution in [2.45, 2.75) is 32.6 Å². The number of H-pyrrole nitrogens is 1. The van der Waals surface area contributed by atoms with Gasteiger partial charge in [0.1, 0.15) is 0 Å². The summed E-state index contributed by atoms with van der Waals surface area (Å²) >= 11 is 0. The summed E-state index contributed by atoms with van der Waals surface area (Å²) in [5, 5.41) is 14.2. The van der Waals surface area contributed by atoms with E-state index in [1.165, 1.54) is 23.3 Å². The number of rotatable bonds is 3. The van der Waals surface area contributed by atoms with Crippen LogP contribution in [-0.2, 0) is 22.5 Å². The molecule has 1 heterocycles. The number of carbonyl (C=O) groups excluding carboxylic acids is 1. The Balaban J connectivity index is 1.74. The number of benzene rings is 2. The van der Waals surface area contributed by atoms with Crippen molar-refractivity contribution in [2.75, 3.05) is 0 Å². The highest BCUT2D eigenvalue weighted by atomic mass is 16.7. The Kier molecular flexibility index (Phi) is 4.06. The Morgan fingerprint density at radius 2 is 2.04 bits per heavy atom. The van der Waals surface area contributed by atoms with Gasteiger partial charge >= 0.3 is 5.97 Å². The molecule has 5 nitrogen and oxygen atoms in total. The molecule has 0 spiro atoms. The number of fused-ring (bicyclic) bond motifs is 2. The normalized spacial score (nSPS) is 15.3. The van der Waals surface area contributed by atoms with Gasteiger partial charge in [-0.2, -0.15) is 5.10 Å². The van der Waals surface area contributed by atoms with Crippen LogP contribution in [0, 0.1) is 0 Å². The minimum atomic E-state index is -0.404. The van der Waals surface area contributed by atoms with Crippen LogP contribution in [-0.4, -0.2) is 21.9 Å². The lowest BCUT2D eigenvalue weighted by Crippen LogP contribution is -2.14. The van der Waals surface area contributed by atoms with E-state index < -0.39 is 5.97 Å². The van der Waals surface area contributed by atoms with E-state index in [1.807, 2.05) is 6.07 Å². The Bertz CT molecular complexity index is 967. The van der Waals surface area contributed by atoms with Crippen molar-refractivity contribution < 1.29 is 9.63 Å². The number of carbonyl (C=O) groups is 1. The summed E-state index contributed by atoms with van der Waals surface area (Å²) in [5.74, 6) is -0.404. The summed E-state index contributed by atoms with van der Waals surface area (Å²) in [4.78, 5) is 16.0. The van der Waals surface area contributed by atoms with Gasteiger partial charge in [-0.15, -0.1) is 0 Å². The molecule has 1 aromatic heterocycles. The van der Waals surface area contributed by atoms with Crippen LogP contribution in [0.5, 0.6) is 0 Å². The number of hydrogen-bond donors (Lipinski definition) is 1. The first-order valence-corrected chi connectivity index (χ1v) is 8.50. The summed E-state index contributed by atoms with van der Waals surface area (Å²) in [6.45, 7) is 1.36. The smallest absolute Gasteiger partial charge is 0.318 e. The zero-order valence-corrected chi connectivity index (χ0v) is 14.1. The molecule has 2 aromatic carbocycles. The summed E-state index contributed by atoms with van der Waals surface area (Å²) in [5.41, 5.74) is 5.08. The van der Waals surface area contributed by atoms with Crippen molar-refractivity contribution in [2.24, 2.45) is 5.16 Å². The quantitative estimate of drug-likeness (QED) is 0.586. The monoisotopic (exact) mass is 333 g/mol. The zero-order chi connectivity index (χ0) is 17.2. The molecule has 0 saturated heterocycles. The third-order valence-corrected chi connectivity index (χ3v) is 4.57. The maximum Gasteiger partial charge on any atom is 0.331 e. The SMILES string of the molecule is CC(=O)ON=C1CCCc2[nH]nc(Cc3cccc4ccccc34)c21. The average Bonchev–Trinajstić information content (AvgIpc) is 3.04. The maximum atomic E-state index is 11.1. The predicted molar refractivity (Wildman–Crippen MR) is 96.6 cm³/mol. The van der Waals surface area contributed by atoms with E-state index in [2.05, 4.69) is 51.8 Å². The summed E-state index contributed by atoms with van der Waals surface area (Å²) in [7, 11) is 0. The molecule has 1 aliphatic carbocycles. The fraction of sp³-hybridized carbons (Fsp3) is 0.250. The zero-order valence-electron chi connectivity index (χ0n) is 14.1. The molecule has 0 atom stereocenters. The van der Waals surface area contributed by atoms with Gasteiger partial charge in [0.05, 0.1) is 11.4 Å². The Labute approximate surface area is 145 Å². The highest BCUT2D eigenvalue weighted by molar-refractivity contribution is 6.03. The molecule has 25 heavy (non-hydrogen) atoms.